The Hall–Kier alpha value is -1.26. The Morgan fingerprint density at radius 3 is 2.45 bits per heavy atom. The predicted molar refractivity (Wildman–Crippen MR) is 81.8 cm³/mol. The Bertz CT molecular complexity index is 380. The molecule has 0 amide bonds. The van der Waals surface area contributed by atoms with E-state index in [1.165, 1.54) is 5.56 Å². The minimum absolute atomic E-state index is 0.682. The quantitative estimate of drug-likeness (QED) is 0.669. The fourth-order valence-electron chi connectivity index (χ4n) is 1.86. The zero-order chi connectivity index (χ0) is 14.8. The summed E-state index contributed by atoms with van der Waals surface area (Å²) in [6.45, 7) is 7.82. The Labute approximate surface area is 122 Å². The number of rotatable bonds is 10. The third-order valence-electron chi connectivity index (χ3n) is 2.96. The van der Waals surface area contributed by atoms with Gasteiger partial charge in [-0.05, 0) is 36.6 Å². The molecule has 0 aliphatic heterocycles. The molecule has 0 saturated heterocycles. The van der Waals surface area contributed by atoms with E-state index in [0.29, 0.717) is 5.92 Å². The van der Waals surface area contributed by atoms with Crippen LogP contribution in [-0.2, 0) is 11.2 Å². The molecule has 20 heavy (non-hydrogen) atoms. The van der Waals surface area contributed by atoms with Crippen molar-refractivity contribution < 1.29 is 14.2 Å². The lowest BCUT2D eigenvalue weighted by Crippen LogP contribution is -2.24. The first kappa shape index (κ1) is 16.8. The van der Waals surface area contributed by atoms with Crippen molar-refractivity contribution in [2.24, 2.45) is 5.92 Å². The summed E-state index contributed by atoms with van der Waals surface area (Å²) >= 11 is 0. The van der Waals surface area contributed by atoms with E-state index in [0.717, 1.165) is 44.2 Å². The van der Waals surface area contributed by atoms with Crippen molar-refractivity contribution >= 4 is 0 Å². The van der Waals surface area contributed by atoms with E-state index < -0.39 is 0 Å². The van der Waals surface area contributed by atoms with Gasteiger partial charge in [-0.2, -0.15) is 0 Å². The number of hydrogen-bond donors (Lipinski definition) is 1. The van der Waals surface area contributed by atoms with E-state index in [9.17, 15) is 0 Å². The zero-order valence-corrected chi connectivity index (χ0v) is 13.1. The number of hydrogen-bond acceptors (Lipinski definition) is 4. The summed E-state index contributed by atoms with van der Waals surface area (Å²) in [6, 6.07) is 5.97. The second kappa shape index (κ2) is 9.61. The summed E-state index contributed by atoms with van der Waals surface area (Å²) < 4.78 is 16.1. The molecule has 0 saturated carbocycles. The van der Waals surface area contributed by atoms with Crippen molar-refractivity contribution in [3.05, 3.63) is 23.8 Å². The number of benzene rings is 1. The highest BCUT2D eigenvalue weighted by Gasteiger charge is 2.04. The lowest BCUT2D eigenvalue weighted by molar-refractivity contribution is 0.138. The molecule has 4 heteroatoms. The molecule has 0 aliphatic carbocycles. The molecule has 0 aliphatic rings. The predicted octanol–water partition coefficient (Wildman–Crippen LogP) is 2.51. The van der Waals surface area contributed by atoms with Crippen LogP contribution < -0.4 is 14.8 Å². The van der Waals surface area contributed by atoms with Crippen molar-refractivity contribution in [1.82, 2.24) is 5.32 Å². The molecule has 4 nitrogen and oxygen atoms in total. The molecule has 1 N–H and O–H groups in total. The molecule has 1 aromatic rings. The molecule has 0 radical (unpaired) electrons. The van der Waals surface area contributed by atoms with Gasteiger partial charge < -0.3 is 19.5 Å². The maximum atomic E-state index is 5.61. The van der Waals surface area contributed by atoms with Crippen LogP contribution in [0, 0.1) is 5.92 Å². The summed E-state index contributed by atoms with van der Waals surface area (Å²) in [6.07, 6.45) is 0.879. The van der Waals surface area contributed by atoms with Gasteiger partial charge in [0.05, 0.1) is 27.4 Å². The summed E-state index contributed by atoms with van der Waals surface area (Å²) in [5.74, 6) is 2.21. The number of nitrogens with one attached hydrogen (secondary N) is 1. The van der Waals surface area contributed by atoms with Crippen LogP contribution in [0.2, 0.25) is 0 Å². The zero-order valence-electron chi connectivity index (χ0n) is 13.1. The topological polar surface area (TPSA) is 39.7 Å². The molecule has 1 aromatic carbocycles. The molecule has 114 valence electrons. The molecule has 0 aromatic heterocycles. The average molecular weight is 281 g/mol. The maximum absolute atomic E-state index is 5.61. The molecule has 0 bridgehead atoms. The first-order valence-electron chi connectivity index (χ1n) is 7.16. The summed E-state index contributed by atoms with van der Waals surface area (Å²) in [7, 11) is 3.29. The van der Waals surface area contributed by atoms with E-state index >= 15 is 0 Å². The van der Waals surface area contributed by atoms with Crippen LogP contribution in [0.3, 0.4) is 0 Å². The maximum Gasteiger partial charge on any atom is 0.160 e. The van der Waals surface area contributed by atoms with Crippen molar-refractivity contribution in [1.29, 1.82) is 0 Å². The second-order valence-corrected chi connectivity index (χ2v) is 5.15. The van der Waals surface area contributed by atoms with Gasteiger partial charge in [-0.15, -0.1) is 0 Å². The highest BCUT2D eigenvalue weighted by molar-refractivity contribution is 5.42. The lowest BCUT2D eigenvalue weighted by atomic mass is 10.1. The number of methoxy groups -OCH3 is 2. The molecule has 0 spiro atoms. The van der Waals surface area contributed by atoms with Crippen LogP contribution in [0.25, 0.3) is 0 Å². The number of ether oxygens (including phenoxy) is 3. The van der Waals surface area contributed by atoms with Gasteiger partial charge in [-0.1, -0.05) is 19.9 Å². The standard InChI is InChI=1S/C16H27NO3/c1-13(2)12-17-8-10-20-9-7-14-5-6-15(18-3)16(11-14)19-4/h5-6,11,13,17H,7-10,12H2,1-4H3. The summed E-state index contributed by atoms with van der Waals surface area (Å²) in [4.78, 5) is 0. The Morgan fingerprint density at radius 1 is 1.05 bits per heavy atom. The van der Waals surface area contributed by atoms with Crippen LogP contribution in [0.4, 0.5) is 0 Å². The van der Waals surface area contributed by atoms with E-state index in [4.69, 9.17) is 14.2 Å². The van der Waals surface area contributed by atoms with E-state index in [2.05, 4.69) is 19.2 Å². The summed E-state index contributed by atoms with van der Waals surface area (Å²) in [5, 5.41) is 3.36. The average Bonchev–Trinajstić information content (AvgIpc) is 2.45. The molecule has 0 heterocycles. The van der Waals surface area contributed by atoms with Gasteiger partial charge in [0.2, 0.25) is 0 Å². The third kappa shape index (κ3) is 6.26. The second-order valence-electron chi connectivity index (χ2n) is 5.15. The van der Waals surface area contributed by atoms with Gasteiger partial charge in [-0.25, -0.2) is 0 Å². The summed E-state index contributed by atoms with van der Waals surface area (Å²) in [5.41, 5.74) is 1.19. The molecular formula is C16H27NO3. The largest absolute Gasteiger partial charge is 0.493 e. The molecular weight excluding hydrogens is 254 g/mol. The van der Waals surface area contributed by atoms with Crippen LogP contribution in [0.1, 0.15) is 19.4 Å². The molecule has 0 fully saturated rings. The Morgan fingerprint density at radius 2 is 1.80 bits per heavy atom. The molecule has 0 unspecified atom stereocenters. The third-order valence-corrected chi connectivity index (χ3v) is 2.96. The van der Waals surface area contributed by atoms with Gasteiger partial charge in [0.1, 0.15) is 0 Å². The minimum Gasteiger partial charge on any atom is -0.493 e. The molecule has 1 rings (SSSR count). The van der Waals surface area contributed by atoms with Gasteiger partial charge in [-0.3, -0.25) is 0 Å². The van der Waals surface area contributed by atoms with Gasteiger partial charge in [0, 0.05) is 6.54 Å². The van der Waals surface area contributed by atoms with Crippen LogP contribution in [0.15, 0.2) is 18.2 Å². The van der Waals surface area contributed by atoms with Crippen molar-refractivity contribution in [3.8, 4) is 11.5 Å². The Kier molecular flexibility index (Phi) is 8.07. The van der Waals surface area contributed by atoms with Gasteiger partial charge in [0.25, 0.3) is 0 Å². The minimum atomic E-state index is 0.682. The SMILES string of the molecule is COc1ccc(CCOCCNCC(C)C)cc1OC. The highest BCUT2D eigenvalue weighted by Crippen LogP contribution is 2.27. The normalized spacial score (nSPS) is 10.8. The fraction of sp³-hybridized carbons (Fsp3) is 0.625. The lowest BCUT2D eigenvalue weighted by Gasteiger charge is -2.10. The van der Waals surface area contributed by atoms with Crippen molar-refractivity contribution in [3.63, 3.8) is 0 Å². The van der Waals surface area contributed by atoms with Gasteiger partial charge in [0.15, 0.2) is 11.5 Å². The first-order chi connectivity index (χ1) is 9.67. The van der Waals surface area contributed by atoms with E-state index in [1.54, 1.807) is 14.2 Å². The van der Waals surface area contributed by atoms with Crippen molar-refractivity contribution in [2.45, 2.75) is 20.3 Å². The van der Waals surface area contributed by atoms with Crippen LogP contribution in [-0.4, -0.2) is 40.5 Å². The van der Waals surface area contributed by atoms with Gasteiger partial charge >= 0.3 is 0 Å². The van der Waals surface area contributed by atoms with E-state index in [1.807, 2.05) is 18.2 Å². The monoisotopic (exact) mass is 281 g/mol. The smallest absolute Gasteiger partial charge is 0.160 e. The van der Waals surface area contributed by atoms with Crippen LogP contribution >= 0.6 is 0 Å². The van der Waals surface area contributed by atoms with Crippen LogP contribution in [0.5, 0.6) is 11.5 Å². The molecule has 0 atom stereocenters. The highest BCUT2D eigenvalue weighted by atomic mass is 16.5. The fourth-order valence-corrected chi connectivity index (χ4v) is 1.86. The van der Waals surface area contributed by atoms with Crippen molar-refractivity contribution in [2.75, 3.05) is 40.5 Å². The first-order valence-corrected chi connectivity index (χ1v) is 7.16. The van der Waals surface area contributed by atoms with E-state index in [-0.39, 0.29) is 0 Å². The Balaban J connectivity index is 2.22.